The lowest BCUT2D eigenvalue weighted by molar-refractivity contribution is 0.0938. The van der Waals surface area contributed by atoms with Crippen molar-refractivity contribution < 1.29 is 18.7 Å². The summed E-state index contributed by atoms with van der Waals surface area (Å²) in [5.41, 5.74) is 2.42. The first-order valence-corrected chi connectivity index (χ1v) is 7.48. The highest BCUT2D eigenvalue weighted by atomic mass is 16.5. The van der Waals surface area contributed by atoms with E-state index in [-0.39, 0.29) is 11.9 Å². The molecule has 2 rings (SSSR count). The number of carbonyl (C=O) groups excluding carboxylic acids is 1. The fraction of sp³-hybridized carbons (Fsp3) is 0.389. The lowest BCUT2D eigenvalue weighted by atomic mass is 10.1. The smallest absolute Gasteiger partial charge is 0.255 e. The van der Waals surface area contributed by atoms with E-state index in [9.17, 15) is 4.79 Å². The first kappa shape index (κ1) is 16.9. The molecule has 1 heterocycles. The number of hydrogen-bond donors (Lipinski definition) is 1. The standard InChI is InChI=1S/C18H23NO4/c1-10-12(3)23-13(4)17(10)18(20)19-11(2)14-7-8-15(21-5)16(9-14)22-6/h7-9,11H,1-6H3,(H,19,20). The van der Waals surface area contributed by atoms with Crippen molar-refractivity contribution >= 4 is 5.91 Å². The quantitative estimate of drug-likeness (QED) is 0.913. The Morgan fingerprint density at radius 2 is 1.74 bits per heavy atom. The molecule has 0 radical (unpaired) electrons. The van der Waals surface area contributed by atoms with Gasteiger partial charge in [0.05, 0.1) is 25.8 Å². The molecule has 0 saturated carbocycles. The van der Waals surface area contributed by atoms with Crippen LogP contribution in [0.25, 0.3) is 0 Å². The number of methoxy groups -OCH3 is 2. The SMILES string of the molecule is COc1ccc(C(C)NC(=O)c2c(C)oc(C)c2C)cc1OC. The normalized spacial score (nSPS) is 11.9. The van der Waals surface area contributed by atoms with Crippen LogP contribution in [0.15, 0.2) is 22.6 Å². The molecule has 1 aromatic heterocycles. The second kappa shape index (κ2) is 6.77. The van der Waals surface area contributed by atoms with Crippen molar-refractivity contribution in [2.45, 2.75) is 33.7 Å². The van der Waals surface area contributed by atoms with Crippen molar-refractivity contribution in [1.29, 1.82) is 0 Å². The van der Waals surface area contributed by atoms with Gasteiger partial charge in [0.15, 0.2) is 11.5 Å². The maximum absolute atomic E-state index is 12.5. The highest BCUT2D eigenvalue weighted by Crippen LogP contribution is 2.30. The number of nitrogens with one attached hydrogen (secondary N) is 1. The maximum Gasteiger partial charge on any atom is 0.255 e. The average molecular weight is 317 g/mol. The predicted octanol–water partition coefficient (Wildman–Crippen LogP) is 3.71. The Labute approximate surface area is 136 Å². The fourth-order valence-corrected chi connectivity index (χ4v) is 2.60. The average Bonchev–Trinajstić information content (AvgIpc) is 2.79. The lowest BCUT2D eigenvalue weighted by Gasteiger charge is -2.16. The van der Waals surface area contributed by atoms with Gasteiger partial charge in [-0.3, -0.25) is 4.79 Å². The van der Waals surface area contributed by atoms with Crippen LogP contribution < -0.4 is 14.8 Å². The molecule has 1 N–H and O–H groups in total. The van der Waals surface area contributed by atoms with Crippen LogP contribution in [-0.2, 0) is 0 Å². The van der Waals surface area contributed by atoms with Crippen LogP contribution in [0, 0.1) is 20.8 Å². The Balaban J connectivity index is 2.21. The molecular formula is C18H23NO4. The number of benzene rings is 1. The van der Waals surface area contributed by atoms with E-state index >= 15 is 0 Å². The summed E-state index contributed by atoms with van der Waals surface area (Å²) in [7, 11) is 3.18. The predicted molar refractivity (Wildman–Crippen MR) is 88.3 cm³/mol. The molecule has 0 aliphatic heterocycles. The van der Waals surface area contributed by atoms with Crippen LogP contribution in [0.4, 0.5) is 0 Å². The molecule has 5 heteroatoms. The van der Waals surface area contributed by atoms with Crippen LogP contribution in [0.2, 0.25) is 0 Å². The second-order valence-corrected chi connectivity index (χ2v) is 5.52. The molecule has 0 bridgehead atoms. The Kier molecular flexibility index (Phi) is 4.98. The number of rotatable bonds is 5. The van der Waals surface area contributed by atoms with E-state index < -0.39 is 0 Å². The summed E-state index contributed by atoms with van der Waals surface area (Å²) in [6, 6.07) is 5.43. The molecule has 124 valence electrons. The van der Waals surface area contributed by atoms with Crippen LogP contribution in [0.1, 0.15) is 46.0 Å². The van der Waals surface area contributed by atoms with Gasteiger partial charge >= 0.3 is 0 Å². The molecular weight excluding hydrogens is 294 g/mol. The first-order valence-electron chi connectivity index (χ1n) is 7.48. The maximum atomic E-state index is 12.5. The monoisotopic (exact) mass is 317 g/mol. The number of amides is 1. The van der Waals surface area contributed by atoms with E-state index in [1.807, 2.05) is 39.0 Å². The van der Waals surface area contributed by atoms with Gasteiger partial charge in [-0.25, -0.2) is 0 Å². The molecule has 5 nitrogen and oxygen atoms in total. The molecule has 23 heavy (non-hydrogen) atoms. The Bertz CT molecular complexity index is 718. The van der Waals surface area contributed by atoms with Crippen molar-refractivity contribution in [2.75, 3.05) is 14.2 Å². The molecule has 1 amide bonds. The third kappa shape index (κ3) is 3.33. The third-order valence-corrected chi connectivity index (χ3v) is 4.04. The highest BCUT2D eigenvalue weighted by Gasteiger charge is 2.20. The molecule has 0 aliphatic carbocycles. The van der Waals surface area contributed by atoms with Gasteiger partial charge < -0.3 is 19.2 Å². The zero-order valence-electron chi connectivity index (χ0n) is 14.4. The summed E-state index contributed by atoms with van der Waals surface area (Å²) < 4.78 is 16.1. The minimum atomic E-state index is -0.170. The Hall–Kier alpha value is -2.43. The number of ether oxygens (including phenoxy) is 2. The van der Waals surface area contributed by atoms with Gasteiger partial charge in [0.1, 0.15) is 11.5 Å². The van der Waals surface area contributed by atoms with Gasteiger partial charge in [0.2, 0.25) is 0 Å². The van der Waals surface area contributed by atoms with E-state index in [2.05, 4.69) is 5.32 Å². The van der Waals surface area contributed by atoms with Gasteiger partial charge in [-0.1, -0.05) is 6.07 Å². The largest absolute Gasteiger partial charge is 0.493 e. The number of furan rings is 1. The molecule has 1 unspecified atom stereocenters. The molecule has 1 atom stereocenters. The number of hydrogen-bond acceptors (Lipinski definition) is 4. The summed E-state index contributed by atoms with van der Waals surface area (Å²) in [4.78, 5) is 12.5. The molecule has 0 spiro atoms. The van der Waals surface area contributed by atoms with Crippen LogP contribution >= 0.6 is 0 Å². The highest BCUT2D eigenvalue weighted by molar-refractivity contribution is 5.97. The Morgan fingerprint density at radius 3 is 2.26 bits per heavy atom. The van der Waals surface area contributed by atoms with Gasteiger partial charge in [0, 0.05) is 5.56 Å². The number of aryl methyl sites for hydroxylation is 2. The Morgan fingerprint density at radius 1 is 1.09 bits per heavy atom. The fourth-order valence-electron chi connectivity index (χ4n) is 2.60. The van der Waals surface area contributed by atoms with Crippen molar-refractivity contribution in [3.05, 3.63) is 46.4 Å². The topological polar surface area (TPSA) is 60.7 Å². The van der Waals surface area contributed by atoms with E-state index in [4.69, 9.17) is 13.9 Å². The third-order valence-electron chi connectivity index (χ3n) is 4.04. The summed E-state index contributed by atoms with van der Waals surface area (Å²) in [5.74, 6) is 2.56. The van der Waals surface area contributed by atoms with Gasteiger partial charge in [-0.15, -0.1) is 0 Å². The zero-order chi connectivity index (χ0) is 17.1. The van der Waals surface area contributed by atoms with Crippen LogP contribution in [0.5, 0.6) is 11.5 Å². The van der Waals surface area contributed by atoms with Crippen LogP contribution in [0.3, 0.4) is 0 Å². The van der Waals surface area contributed by atoms with E-state index in [1.54, 1.807) is 21.1 Å². The summed E-state index contributed by atoms with van der Waals surface area (Å²) in [5, 5.41) is 3.00. The van der Waals surface area contributed by atoms with Crippen molar-refractivity contribution in [2.24, 2.45) is 0 Å². The lowest BCUT2D eigenvalue weighted by Crippen LogP contribution is -2.27. The minimum absolute atomic E-state index is 0.140. The van der Waals surface area contributed by atoms with E-state index in [0.29, 0.717) is 22.8 Å². The molecule has 2 aromatic rings. The van der Waals surface area contributed by atoms with Crippen molar-refractivity contribution in [1.82, 2.24) is 5.32 Å². The minimum Gasteiger partial charge on any atom is -0.493 e. The summed E-state index contributed by atoms with van der Waals surface area (Å²) >= 11 is 0. The molecule has 0 saturated heterocycles. The molecule has 0 fully saturated rings. The zero-order valence-corrected chi connectivity index (χ0v) is 14.4. The first-order chi connectivity index (χ1) is 10.9. The van der Waals surface area contributed by atoms with Crippen LogP contribution in [-0.4, -0.2) is 20.1 Å². The molecule has 0 aliphatic rings. The van der Waals surface area contributed by atoms with Crippen molar-refractivity contribution in [3.63, 3.8) is 0 Å². The van der Waals surface area contributed by atoms with Gasteiger partial charge in [-0.2, -0.15) is 0 Å². The second-order valence-electron chi connectivity index (χ2n) is 5.52. The summed E-state index contributed by atoms with van der Waals surface area (Å²) in [6.07, 6.45) is 0. The van der Waals surface area contributed by atoms with Gasteiger partial charge in [0.25, 0.3) is 5.91 Å². The van der Waals surface area contributed by atoms with E-state index in [0.717, 1.165) is 16.9 Å². The van der Waals surface area contributed by atoms with E-state index in [1.165, 1.54) is 0 Å². The van der Waals surface area contributed by atoms with Gasteiger partial charge in [-0.05, 0) is 45.4 Å². The van der Waals surface area contributed by atoms with Crippen molar-refractivity contribution in [3.8, 4) is 11.5 Å². The molecule has 1 aromatic carbocycles. The number of carbonyl (C=O) groups is 1. The summed E-state index contributed by atoms with van der Waals surface area (Å²) in [6.45, 7) is 7.48.